The number of rotatable bonds is 5. The summed E-state index contributed by atoms with van der Waals surface area (Å²) in [5.74, 6) is 2.73. The molecule has 3 atom stereocenters. The summed E-state index contributed by atoms with van der Waals surface area (Å²) in [5, 5.41) is 9.48. The maximum Gasteiger partial charge on any atom is 0.341 e. The van der Waals surface area contributed by atoms with E-state index in [2.05, 4.69) is 20.5 Å². The van der Waals surface area contributed by atoms with Gasteiger partial charge in [0.05, 0.1) is 5.75 Å². The van der Waals surface area contributed by atoms with Gasteiger partial charge >= 0.3 is 5.69 Å². The minimum absolute atomic E-state index is 0.0108. The van der Waals surface area contributed by atoms with E-state index >= 15 is 0 Å². The Kier molecular flexibility index (Phi) is 3.63. The zero-order chi connectivity index (χ0) is 13.2. The summed E-state index contributed by atoms with van der Waals surface area (Å²) in [4.78, 5) is 25.1. The predicted molar refractivity (Wildman–Crippen MR) is 71.9 cm³/mol. The number of aromatic amines is 2. The Morgan fingerprint density at radius 3 is 2.95 bits per heavy atom. The number of aromatic nitrogens is 3. The molecule has 2 fully saturated rings. The van der Waals surface area contributed by atoms with Gasteiger partial charge in [0.1, 0.15) is 0 Å². The van der Waals surface area contributed by atoms with Gasteiger partial charge in [-0.2, -0.15) is 0 Å². The van der Waals surface area contributed by atoms with Crippen LogP contribution in [0.2, 0.25) is 0 Å². The van der Waals surface area contributed by atoms with E-state index in [4.69, 9.17) is 0 Å². The lowest BCUT2D eigenvalue weighted by Crippen LogP contribution is -2.32. The summed E-state index contributed by atoms with van der Waals surface area (Å²) < 4.78 is 0. The molecule has 2 aliphatic rings. The number of thioether (sulfide) groups is 1. The topological polar surface area (TPSA) is 90.6 Å². The van der Waals surface area contributed by atoms with Gasteiger partial charge in [-0.05, 0) is 37.0 Å². The van der Waals surface area contributed by atoms with Crippen molar-refractivity contribution in [2.75, 3.05) is 12.3 Å². The summed E-state index contributed by atoms with van der Waals surface area (Å²) >= 11 is 1.24. The van der Waals surface area contributed by atoms with Gasteiger partial charge in [-0.15, -0.1) is 5.10 Å². The number of fused-ring (bicyclic) bond motifs is 2. The van der Waals surface area contributed by atoms with Crippen LogP contribution in [0.3, 0.4) is 0 Å². The second-order valence-corrected chi connectivity index (χ2v) is 6.47. The zero-order valence-corrected chi connectivity index (χ0v) is 11.5. The van der Waals surface area contributed by atoms with Crippen LogP contribution < -0.4 is 11.0 Å². The lowest BCUT2D eigenvalue weighted by atomic mass is 9.89. The fourth-order valence-corrected chi connectivity index (χ4v) is 4.02. The quantitative estimate of drug-likeness (QED) is 0.695. The van der Waals surface area contributed by atoms with Gasteiger partial charge in [-0.1, -0.05) is 18.2 Å². The molecule has 1 heterocycles. The van der Waals surface area contributed by atoms with Crippen LogP contribution in [0.15, 0.2) is 9.95 Å². The molecule has 1 aromatic heterocycles. The standard InChI is InChI=1S/C12H18N4O2S/c17-10(6-19-12-14-11(18)15-16-12)13-5-9-4-7-1-2-8(9)3-7/h7-9H,1-6H2,(H,13,17)(H2,14,15,16,18)/t7-,8-,9-/m0/s1. The van der Waals surface area contributed by atoms with Crippen LogP contribution in [0.5, 0.6) is 0 Å². The molecule has 0 saturated heterocycles. The first-order valence-corrected chi connectivity index (χ1v) is 7.73. The molecule has 0 aliphatic heterocycles. The molecular formula is C12H18N4O2S. The Hall–Kier alpha value is -1.24. The Labute approximate surface area is 115 Å². The van der Waals surface area contributed by atoms with Crippen molar-refractivity contribution in [2.24, 2.45) is 17.8 Å². The van der Waals surface area contributed by atoms with E-state index in [0.29, 0.717) is 16.8 Å². The van der Waals surface area contributed by atoms with Crippen molar-refractivity contribution in [1.29, 1.82) is 0 Å². The fraction of sp³-hybridized carbons (Fsp3) is 0.750. The van der Waals surface area contributed by atoms with Crippen molar-refractivity contribution >= 4 is 17.7 Å². The number of amides is 1. The Morgan fingerprint density at radius 1 is 1.42 bits per heavy atom. The monoisotopic (exact) mass is 282 g/mol. The van der Waals surface area contributed by atoms with E-state index in [-0.39, 0.29) is 11.6 Å². The molecule has 1 aromatic rings. The highest BCUT2D eigenvalue weighted by molar-refractivity contribution is 7.99. The van der Waals surface area contributed by atoms with Gasteiger partial charge in [-0.25, -0.2) is 9.89 Å². The molecule has 0 radical (unpaired) electrons. The molecular weight excluding hydrogens is 264 g/mol. The molecule has 3 N–H and O–H groups in total. The number of carbonyl (C=O) groups excluding carboxylic acids is 1. The molecule has 1 amide bonds. The molecule has 19 heavy (non-hydrogen) atoms. The number of nitrogens with zero attached hydrogens (tertiary/aromatic N) is 1. The molecule has 104 valence electrons. The number of hydrogen-bond acceptors (Lipinski definition) is 4. The second kappa shape index (κ2) is 5.40. The predicted octanol–water partition coefficient (Wildman–Crippen LogP) is 0.742. The molecule has 0 unspecified atom stereocenters. The van der Waals surface area contributed by atoms with Crippen molar-refractivity contribution in [3.63, 3.8) is 0 Å². The van der Waals surface area contributed by atoms with E-state index in [1.54, 1.807) is 0 Å². The van der Waals surface area contributed by atoms with Gasteiger partial charge in [0.15, 0.2) is 5.16 Å². The molecule has 0 aromatic carbocycles. The molecule has 6 nitrogen and oxygen atoms in total. The van der Waals surface area contributed by atoms with E-state index in [0.717, 1.165) is 18.4 Å². The van der Waals surface area contributed by atoms with Gasteiger partial charge in [0.2, 0.25) is 5.91 Å². The lowest BCUT2D eigenvalue weighted by molar-refractivity contribution is -0.118. The average Bonchev–Trinajstić information content (AvgIpc) is 3.10. The fourth-order valence-electron chi connectivity index (χ4n) is 3.38. The highest BCUT2D eigenvalue weighted by Gasteiger charge is 2.39. The van der Waals surface area contributed by atoms with Gasteiger partial charge < -0.3 is 5.32 Å². The summed E-state index contributed by atoms with van der Waals surface area (Å²) in [6.07, 6.45) is 5.38. The van der Waals surface area contributed by atoms with Crippen LogP contribution in [-0.4, -0.2) is 33.4 Å². The van der Waals surface area contributed by atoms with Gasteiger partial charge in [-0.3, -0.25) is 9.78 Å². The van der Waals surface area contributed by atoms with E-state index in [1.807, 2.05) is 0 Å². The summed E-state index contributed by atoms with van der Waals surface area (Å²) in [7, 11) is 0. The third kappa shape index (κ3) is 3.02. The molecule has 3 rings (SSSR count). The highest BCUT2D eigenvalue weighted by Crippen LogP contribution is 2.47. The Morgan fingerprint density at radius 2 is 2.32 bits per heavy atom. The molecule has 2 saturated carbocycles. The first-order valence-electron chi connectivity index (χ1n) is 6.75. The third-order valence-electron chi connectivity index (χ3n) is 4.27. The van der Waals surface area contributed by atoms with Crippen molar-refractivity contribution in [2.45, 2.75) is 30.8 Å². The van der Waals surface area contributed by atoms with Crippen LogP contribution in [0.1, 0.15) is 25.7 Å². The second-order valence-electron chi connectivity index (χ2n) is 5.51. The van der Waals surface area contributed by atoms with E-state index in [9.17, 15) is 9.59 Å². The van der Waals surface area contributed by atoms with Crippen molar-refractivity contribution in [1.82, 2.24) is 20.5 Å². The highest BCUT2D eigenvalue weighted by atomic mass is 32.2. The minimum atomic E-state index is -0.343. The van der Waals surface area contributed by atoms with E-state index < -0.39 is 0 Å². The molecule has 2 aliphatic carbocycles. The number of nitrogens with one attached hydrogen (secondary N) is 3. The Balaban J connectivity index is 1.38. The van der Waals surface area contributed by atoms with Crippen LogP contribution in [0.4, 0.5) is 0 Å². The smallest absolute Gasteiger partial charge is 0.341 e. The largest absolute Gasteiger partial charge is 0.355 e. The summed E-state index contributed by atoms with van der Waals surface area (Å²) in [6.45, 7) is 0.803. The SMILES string of the molecule is O=C(CSc1n[nH]c(=O)[nH]1)NC[C@@H]1C[C@H]2CC[C@H]1C2. The van der Waals surface area contributed by atoms with Crippen LogP contribution in [0, 0.1) is 17.8 Å². The Bertz CT molecular complexity index is 512. The van der Waals surface area contributed by atoms with Gasteiger partial charge in [0, 0.05) is 6.54 Å². The summed E-state index contributed by atoms with van der Waals surface area (Å²) in [5.41, 5.74) is -0.343. The first kappa shape index (κ1) is 12.8. The summed E-state index contributed by atoms with van der Waals surface area (Å²) in [6, 6.07) is 0. The maximum atomic E-state index is 11.7. The number of hydrogen-bond donors (Lipinski definition) is 3. The van der Waals surface area contributed by atoms with Crippen LogP contribution >= 0.6 is 11.8 Å². The molecule has 0 spiro atoms. The van der Waals surface area contributed by atoms with Crippen molar-refractivity contribution < 1.29 is 4.79 Å². The van der Waals surface area contributed by atoms with Gasteiger partial charge in [0.25, 0.3) is 0 Å². The molecule has 7 heteroatoms. The van der Waals surface area contributed by atoms with Crippen molar-refractivity contribution in [3.8, 4) is 0 Å². The first-order chi connectivity index (χ1) is 9.20. The normalized spacial score (nSPS) is 28.7. The minimum Gasteiger partial charge on any atom is -0.355 e. The number of H-pyrrole nitrogens is 2. The van der Waals surface area contributed by atoms with Crippen LogP contribution in [0.25, 0.3) is 0 Å². The number of carbonyl (C=O) groups is 1. The zero-order valence-electron chi connectivity index (χ0n) is 10.6. The van der Waals surface area contributed by atoms with E-state index in [1.165, 1.54) is 37.4 Å². The van der Waals surface area contributed by atoms with Crippen LogP contribution in [-0.2, 0) is 4.79 Å². The average molecular weight is 282 g/mol. The molecule has 2 bridgehead atoms. The maximum absolute atomic E-state index is 11.7. The van der Waals surface area contributed by atoms with Crippen molar-refractivity contribution in [3.05, 3.63) is 10.5 Å². The third-order valence-corrected chi connectivity index (χ3v) is 5.14. The lowest BCUT2D eigenvalue weighted by Gasteiger charge is -2.21.